The molecule has 1 rings (SSSR count). The molecule has 5 heteroatoms. The molecular formula is C11H15N3OS. The van der Waals surface area contributed by atoms with Crippen molar-refractivity contribution in [1.29, 1.82) is 0 Å². The summed E-state index contributed by atoms with van der Waals surface area (Å²) in [6.45, 7) is 3.89. The molecule has 0 saturated heterocycles. The van der Waals surface area contributed by atoms with E-state index in [1.165, 1.54) is 0 Å². The highest BCUT2D eigenvalue weighted by atomic mass is 32.1. The van der Waals surface area contributed by atoms with Gasteiger partial charge < -0.3 is 11.1 Å². The van der Waals surface area contributed by atoms with Crippen molar-refractivity contribution in [3.05, 3.63) is 30.1 Å². The van der Waals surface area contributed by atoms with Crippen molar-refractivity contribution in [2.24, 2.45) is 11.7 Å². The highest BCUT2D eigenvalue weighted by Gasteiger charge is 2.19. The van der Waals surface area contributed by atoms with Crippen LogP contribution in [0.4, 0.5) is 0 Å². The maximum absolute atomic E-state index is 11.8. The average Bonchev–Trinajstić information content (AvgIpc) is 2.25. The van der Waals surface area contributed by atoms with Crippen LogP contribution in [0.1, 0.15) is 24.3 Å². The number of rotatable bonds is 4. The molecule has 0 aromatic carbocycles. The minimum Gasteiger partial charge on any atom is -0.392 e. The molecule has 86 valence electrons. The molecule has 1 atom stereocenters. The molecule has 1 unspecified atom stereocenters. The number of hydrogen-bond donors (Lipinski definition) is 2. The summed E-state index contributed by atoms with van der Waals surface area (Å²) in [5, 5.41) is 2.76. The average molecular weight is 237 g/mol. The molecule has 0 aliphatic heterocycles. The number of nitrogens with two attached hydrogens (primary N) is 1. The van der Waals surface area contributed by atoms with Gasteiger partial charge in [0.05, 0.1) is 11.0 Å². The first-order valence-electron chi connectivity index (χ1n) is 5.03. The molecule has 0 radical (unpaired) electrons. The van der Waals surface area contributed by atoms with Crippen LogP contribution in [0.3, 0.4) is 0 Å². The molecule has 3 N–H and O–H groups in total. The second-order valence-corrected chi connectivity index (χ2v) is 4.28. The molecule has 4 nitrogen and oxygen atoms in total. The maximum atomic E-state index is 11.8. The topological polar surface area (TPSA) is 68.0 Å². The zero-order valence-electron chi connectivity index (χ0n) is 9.31. The third-order valence-electron chi connectivity index (χ3n) is 2.16. The predicted octanol–water partition coefficient (Wildman–Crippen LogP) is 1.12. The van der Waals surface area contributed by atoms with Gasteiger partial charge in [-0.15, -0.1) is 0 Å². The highest BCUT2D eigenvalue weighted by molar-refractivity contribution is 7.80. The van der Waals surface area contributed by atoms with E-state index in [9.17, 15) is 4.79 Å². The SMILES string of the molecule is CC(C)C(NC(=O)c1ccccn1)C(N)=S. The molecule has 0 saturated carbocycles. The van der Waals surface area contributed by atoms with Crippen LogP contribution in [0.25, 0.3) is 0 Å². The fourth-order valence-corrected chi connectivity index (χ4v) is 1.61. The fourth-order valence-electron chi connectivity index (χ4n) is 1.28. The van der Waals surface area contributed by atoms with E-state index in [0.29, 0.717) is 10.7 Å². The molecule has 0 aliphatic rings. The summed E-state index contributed by atoms with van der Waals surface area (Å²) in [6, 6.07) is 4.85. The van der Waals surface area contributed by atoms with Gasteiger partial charge in [0.15, 0.2) is 0 Å². The summed E-state index contributed by atoms with van der Waals surface area (Å²) >= 11 is 4.90. The first kappa shape index (κ1) is 12.6. The van der Waals surface area contributed by atoms with Crippen molar-refractivity contribution in [2.45, 2.75) is 19.9 Å². The van der Waals surface area contributed by atoms with Gasteiger partial charge in [-0.25, -0.2) is 0 Å². The Kier molecular flexibility index (Phi) is 4.37. The van der Waals surface area contributed by atoms with Gasteiger partial charge in [-0.05, 0) is 18.1 Å². The fraction of sp³-hybridized carbons (Fsp3) is 0.364. The molecular weight excluding hydrogens is 222 g/mol. The normalized spacial score (nSPS) is 12.2. The number of thiocarbonyl (C=S) groups is 1. The summed E-state index contributed by atoms with van der Waals surface area (Å²) in [5.41, 5.74) is 5.93. The van der Waals surface area contributed by atoms with Crippen LogP contribution in [0.5, 0.6) is 0 Å². The van der Waals surface area contributed by atoms with Gasteiger partial charge in [-0.1, -0.05) is 32.1 Å². The van der Waals surface area contributed by atoms with Crippen LogP contribution < -0.4 is 11.1 Å². The number of amides is 1. The quantitative estimate of drug-likeness (QED) is 0.770. The van der Waals surface area contributed by atoms with Crippen LogP contribution >= 0.6 is 12.2 Å². The largest absolute Gasteiger partial charge is 0.392 e. The van der Waals surface area contributed by atoms with Crippen molar-refractivity contribution in [3.8, 4) is 0 Å². The molecule has 0 spiro atoms. The van der Waals surface area contributed by atoms with Crippen molar-refractivity contribution in [1.82, 2.24) is 10.3 Å². The summed E-state index contributed by atoms with van der Waals surface area (Å²) in [5.74, 6) is -0.0998. The van der Waals surface area contributed by atoms with Crippen molar-refractivity contribution in [2.75, 3.05) is 0 Å². The Labute approximate surface area is 100 Å². The smallest absolute Gasteiger partial charge is 0.270 e. The van der Waals surface area contributed by atoms with Gasteiger partial charge in [-0.3, -0.25) is 9.78 Å². The number of nitrogens with zero attached hydrogens (tertiary/aromatic N) is 1. The molecule has 0 bridgehead atoms. The van der Waals surface area contributed by atoms with Crippen LogP contribution in [0.2, 0.25) is 0 Å². The minimum atomic E-state index is -0.301. The number of carbonyl (C=O) groups is 1. The Bertz CT molecular complexity index is 378. The molecule has 16 heavy (non-hydrogen) atoms. The number of hydrogen-bond acceptors (Lipinski definition) is 3. The molecule has 1 heterocycles. The van der Waals surface area contributed by atoms with Gasteiger partial charge in [0.1, 0.15) is 5.69 Å². The van der Waals surface area contributed by atoms with Crippen LogP contribution in [0.15, 0.2) is 24.4 Å². The Balaban J connectivity index is 2.74. The van der Waals surface area contributed by atoms with E-state index in [0.717, 1.165) is 0 Å². The Morgan fingerprint density at radius 2 is 2.19 bits per heavy atom. The molecule has 1 aromatic rings. The standard InChI is InChI=1S/C11H15N3OS/c1-7(2)9(10(12)16)14-11(15)8-5-3-4-6-13-8/h3-7,9H,1-2H3,(H2,12,16)(H,14,15). The van der Waals surface area contributed by atoms with Gasteiger partial charge >= 0.3 is 0 Å². The Morgan fingerprint density at radius 1 is 1.50 bits per heavy atom. The second kappa shape index (κ2) is 5.55. The third kappa shape index (κ3) is 3.27. The van der Waals surface area contributed by atoms with Crippen LogP contribution in [0, 0.1) is 5.92 Å². The number of carbonyl (C=O) groups excluding carboxylic acids is 1. The van der Waals surface area contributed by atoms with E-state index in [4.69, 9.17) is 18.0 Å². The maximum Gasteiger partial charge on any atom is 0.270 e. The third-order valence-corrected chi connectivity index (χ3v) is 2.41. The zero-order valence-corrected chi connectivity index (χ0v) is 10.1. The van der Waals surface area contributed by atoms with Gasteiger partial charge in [0.2, 0.25) is 0 Å². The van der Waals surface area contributed by atoms with Gasteiger partial charge in [0.25, 0.3) is 5.91 Å². The Morgan fingerprint density at radius 3 is 2.62 bits per heavy atom. The minimum absolute atomic E-state index is 0.158. The van der Waals surface area contributed by atoms with Crippen LogP contribution in [-0.4, -0.2) is 21.9 Å². The molecule has 0 aliphatic carbocycles. The van der Waals surface area contributed by atoms with E-state index in [1.54, 1.807) is 24.4 Å². The monoisotopic (exact) mass is 237 g/mol. The van der Waals surface area contributed by atoms with E-state index in [-0.39, 0.29) is 17.9 Å². The Hall–Kier alpha value is -1.49. The number of pyridine rings is 1. The summed E-state index contributed by atoms with van der Waals surface area (Å²) in [6.07, 6.45) is 1.57. The predicted molar refractivity (Wildman–Crippen MR) is 67.1 cm³/mol. The zero-order chi connectivity index (χ0) is 12.1. The molecule has 0 fully saturated rings. The lowest BCUT2D eigenvalue weighted by molar-refractivity contribution is 0.0935. The number of aromatic nitrogens is 1. The van der Waals surface area contributed by atoms with Crippen molar-refractivity contribution < 1.29 is 4.79 Å². The summed E-state index contributed by atoms with van der Waals surface area (Å²) < 4.78 is 0. The lowest BCUT2D eigenvalue weighted by Gasteiger charge is -2.20. The van der Waals surface area contributed by atoms with Gasteiger partial charge in [-0.2, -0.15) is 0 Å². The first-order valence-corrected chi connectivity index (χ1v) is 5.44. The molecule has 1 aromatic heterocycles. The lowest BCUT2D eigenvalue weighted by Crippen LogP contribution is -2.47. The van der Waals surface area contributed by atoms with Crippen LogP contribution in [-0.2, 0) is 0 Å². The first-order chi connectivity index (χ1) is 7.52. The summed E-state index contributed by atoms with van der Waals surface area (Å²) in [4.78, 5) is 16.0. The summed E-state index contributed by atoms with van der Waals surface area (Å²) in [7, 11) is 0. The van der Waals surface area contributed by atoms with Gasteiger partial charge in [0, 0.05) is 6.20 Å². The van der Waals surface area contributed by atoms with E-state index < -0.39 is 0 Å². The highest BCUT2D eigenvalue weighted by Crippen LogP contribution is 2.03. The van der Waals surface area contributed by atoms with E-state index in [1.807, 2.05) is 13.8 Å². The van der Waals surface area contributed by atoms with E-state index >= 15 is 0 Å². The lowest BCUT2D eigenvalue weighted by atomic mass is 10.0. The molecule has 1 amide bonds. The van der Waals surface area contributed by atoms with Crippen molar-refractivity contribution >= 4 is 23.1 Å². The number of nitrogens with one attached hydrogen (secondary N) is 1. The second-order valence-electron chi connectivity index (χ2n) is 3.81. The van der Waals surface area contributed by atoms with E-state index in [2.05, 4.69) is 10.3 Å². The van der Waals surface area contributed by atoms with Crippen molar-refractivity contribution in [3.63, 3.8) is 0 Å².